The molecule has 0 bridgehead atoms. The zero-order valence-corrected chi connectivity index (χ0v) is 57.1. The first-order valence-electron chi connectivity index (χ1n) is 35.6. The van der Waals surface area contributed by atoms with Crippen LogP contribution < -0.4 is 19.9 Å². The summed E-state index contributed by atoms with van der Waals surface area (Å²) in [5.74, 6) is 31.1. The Balaban J connectivity index is 0.779. The highest BCUT2D eigenvalue weighted by molar-refractivity contribution is 5.80. The topological polar surface area (TPSA) is 18.5 Å². The number of benzene rings is 10. The van der Waals surface area contributed by atoms with E-state index in [-0.39, 0.29) is 0 Å². The summed E-state index contributed by atoms with van der Waals surface area (Å²) in [6.45, 7) is 5.75. The lowest BCUT2D eigenvalue weighted by atomic mass is 9.84. The van der Waals surface area contributed by atoms with Crippen molar-refractivity contribution in [2.24, 2.45) is 0 Å². The van der Waals surface area contributed by atoms with E-state index < -0.39 is 0 Å². The molecule has 1 aliphatic carbocycles. The van der Waals surface area contributed by atoms with Crippen molar-refractivity contribution >= 4 is 11.1 Å². The second-order valence-corrected chi connectivity index (χ2v) is 25.2. The summed E-state index contributed by atoms with van der Waals surface area (Å²) in [6, 6.07) is 89.2. The molecular weight excluding hydrogens is 1190 g/mol. The average molecular weight is 1270 g/mol. The maximum absolute atomic E-state index is 6.67. The summed E-state index contributed by atoms with van der Waals surface area (Å²) in [4.78, 5) is 0. The van der Waals surface area contributed by atoms with Crippen molar-refractivity contribution in [2.45, 2.75) is 117 Å². The van der Waals surface area contributed by atoms with E-state index in [1.165, 1.54) is 122 Å². The number of hydrogen-bond donors (Lipinski definition) is 0. The van der Waals surface area contributed by atoms with Gasteiger partial charge in [-0.15, -0.1) is 0 Å². The molecule has 0 N–H and O–H groups in total. The Morgan fingerprint density at radius 3 is 1.10 bits per heavy atom. The summed E-state index contributed by atoms with van der Waals surface area (Å²) in [7, 11) is 0. The van der Waals surface area contributed by atoms with Crippen LogP contribution in [0.5, 0.6) is 11.5 Å². The van der Waals surface area contributed by atoms with E-state index in [0.717, 1.165) is 104 Å². The predicted octanol–water partition coefficient (Wildman–Crippen LogP) is 21.8. The van der Waals surface area contributed by atoms with Gasteiger partial charge in [-0.05, 0) is 179 Å². The van der Waals surface area contributed by atoms with Crippen molar-refractivity contribution in [3.05, 3.63) is 368 Å². The minimum atomic E-state index is 0.605. The molecule has 482 valence electrons. The fourth-order valence-corrected chi connectivity index (χ4v) is 12.2. The van der Waals surface area contributed by atoms with Crippen LogP contribution in [0.15, 0.2) is 279 Å². The summed E-state index contributed by atoms with van der Waals surface area (Å²) in [5, 5.41) is 2.35. The Labute approximate surface area is 585 Å². The van der Waals surface area contributed by atoms with Gasteiger partial charge in [-0.1, -0.05) is 248 Å². The number of unbranched alkanes of at least 4 members (excludes halogenated alkanes) is 14. The summed E-state index contributed by atoms with van der Waals surface area (Å²) in [5.41, 5.74) is 16.8. The van der Waals surface area contributed by atoms with Crippen LogP contribution in [0.1, 0.15) is 183 Å². The van der Waals surface area contributed by atoms with E-state index in [1.807, 2.05) is 60.7 Å². The summed E-state index contributed by atoms with van der Waals surface area (Å²) >= 11 is 0. The van der Waals surface area contributed by atoms with Crippen LogP contribution in [0.3, 0.4) is 0 Å². The molecule has 1 aliphatic rings. The smallest absolute Gasteiger partial charge is 0.136 e. The van der Waals surface area contributed by atoms with Crippen LogP contribution >= 0.6 is 0 Å². The van der Waals surface area contributed by atoms with E-state index in [9.17, 15) is 0 Å². The van der Waals surface area contributed by atoms with Gasteiger partial charge in [0.05, 0.1) is 64.0 Å². The Morgan fingerprint density at radius 2 is 0.684 bits per heavy atom. The predicted molar refractivity (Wildman–Crippen MR) is 411 cm³/mol. The van der Waals surface area contributed by atoms with Gasteiger partial charge in [-0.25, -0.2) is 0 Å². The number of ether oxygens (including phenoxy) is 2. The number of allylic oxidation sites excluding steroid dienone is 4. The first-order chi connectivity index (χ1) is 48.5. The summed E-state index contributed by atoms with van der Waals surface area (Å²) in [6.07, 6.45) is 28.1. The molecule has 0 amide bonds. The normalized spacial score (nSPS) is 11.2. The van der Waals surface area contributed by atoms with Gasteiger partial charge in [0.25, 0.3) is 0 Å². The fraction of sp³-hybridized carbons (Fsp3) is 0.208. The Bertz CT molecular complexity index is 4490. The molecule has 0 saturated carbocycles. The van der Waals surface area contributed by atoms with Crippen LogP contribution in [-0.2, 0) is 0 Å². The molecule has 0 unspecified atom stereocenters. The number of rotatable bonds is 26. The quantitative estimate of drug-likeness (QED) is 0.0233. The van der Waals surface area contributed by atoms with E-state index in [2.05, 4.69) is 280 Å². The molecule has 0 heterocycles. The first kappa shape index (κ1) is 68.4. The largest absolute Gasteiger partial charge is 0.492 e. The van der Waals surface area contributed by atoms with E-state index in [4.69, 9.17) is 9.47 Å². The molecule has 0 aliphatic heterocycles. The van der Waals surface area contributed by atoms with Crippen LogP contribution in [0.4, 0.5) is 0 Å². The minimum Gasteiger partial charge on any atom is -0.492 e. The lowest BCUT2D eigenvalue weighted by Crippen LogP contribution is -2.13. The van der Waals surface area contributed by atoms with Crippen LogP contribution in [0, 0.1) is 59.2 Å². The van der Waals surface area contributed by atoms with Crippen molar-refractivity contribution in [2.75, 3.05) is 13.2 Å². The first-order valence-corrected chi connectivity index (χ1v) is 35.6. The average Bonchev–Trinajstić information content (AvgIpc) is 0.836. The van der Waals surface area contributed by atoms with Crippen LogP contribution in [-0.4, -0.2) is 13.2 Å². The maximum atomic E-state index is 6.67. The van der Waals surface area contributed by atoms with Crippen LogP contribution in [0.2, 0.25) is 0 Å². The minimum absolute atomic E-state index is 0.605. The molecule has 2 heteroatoms. The van der Waals surface area contributed by atoms with Gasteiger partial charge in [-0.2, -0.15) is 0 Å². The van der Waals surface area contributed by atoms with Crippen molar-refractivity contribution in [3.8, 4) is 70.0 Å². The van der Waals surface area contributed by atoms with Gasteiger partial charge in [0.15, 0.2) is 0 Å². The van der Waals surface area contributed by atoms with Crippen molar-refractivity contribution in [1.82, 2.24) is 0 Å². The molecule has 11 rings (SSSR count). The van der Waals surface area contributed by atoms with Gasteiger partial charge < -0.3 is 9.47 Å². The number of hydrogen-bond acceptors (Lipinski definition) is 2. The third-order valence-corrected chi connectivity index (χ3v) is 17.8. The van der Waals surface area contributed by atoms with E-state index in [0.29, 0.717) is 13.2 Å². The van der Waals surface area contributed by atoms with E-state index >= 15 is 0 Å². The highest BCUT2D eigenvalue weighted by Gasteiger charge is 2.22. The SMILES string of the molecule is CCCCCCCCCCOc1cc(C#Cc2ccc(C#C[C+]3C=CC(=c4ccc(=C(c5ccccc5)c5ccccc5)cc4)C=C3)cc2)c(OCCCCCCCCCC)cc1C#Cc1ccc(C#Cc2ccc(-c3ccc([C+](c4ccccc4)c4ccccc4)cc3)cc2)cc1. The van der Waals surface area contributed by atoms with Crippen LogP contribution in [0.25, 0.3) is 22.3 Å². The van der Waals surface area contributed by atoms with Crippen molar-refractivity contribution < 1.29 is 9.47 Å². The van der Waals surface area contributed by atoms with Gasteiger partial charge in [0.2, 0.25) is 0 Å². The lowest BCUT2D eigenvalue weighted by molar-refractivity contribution is 0.295. The molecule has 0 saturated heterocycles. The molecule has 0 atom stereocenters. The van der Waals surface area contributed by atoms with Crippen molar-refractivity contribution in [1.29, 1.82) is 0 Å². The maximum Gasteiger partial charge on any atom is 0.136 e. The molecule has 2 nitrogen and oxygen atoms in total. The molecule has 0 radical (unpaired) electrons. The monoisotopic (exact) mass is 1270 g/mol. The molecule has 10 aromatic carbocycles. The molecular formula is C96H88O2+2. The highest BCUT2D eigenvalue weighted by atomic mass is 16.5. The Morgan fingerprint density at radius 1 is 0.337 bits per heavy atom. The van der Waals surface area contributed by atoms with Gasteiger partial charge in [0.1, 0.15) is 17.4 Å². The molecule has 0 spiro atoms. The highest BCUT2D eigenvalue weighted by Crippen LogP contribution is 2.34. The van der Waals surface area contributed by atoms with Crippen molar-refractivity contribution in [3.63, 3.8) is 0 Å². The standard InChI is InChI=1S/C96H88O2/c1-3-5-7-9-11-13-15-29-71-97-93-73-92(62-56-78-47-41-76(42-48-78)44-50-80-53-59-82(60-54-80)84-65-69-90(70-66-84)96(87-35-25-19-26-36-87)88-37-27-20-28-38-88)94(98-72-30-16-14-12-10-8-6-4-2)74-91(93)61-55-77-45-39-75(40-46-77)43-49-79-51-57-81(58-52-79)83-63-67-89(68-64-83)95(85-31-21-17-22-32-85)86-33-23-18-24-34-86/h17-28,31-42,45-48,51-54,57-60,63-70,73-74H,3-16,29-30,71-72H2,1-2H3/q+2. The molecule has 0 fully saturated rings. The Kier molecular flexibility index (Phi) is 26.1. The second-order valence-electron chi connectivity index (χ2n) is 25.2. The lowest BCUT2D eigenvalue weighted by Gasteiger charge is -2.14. The molecule has 98 heavy (non-hydrogen) atoms. The fourth-order valence-electron chi connectivity index (χ4n) is 12.2. The molecule has 0 aromatic heterocycles. The Hall–Kier alpha value is -11.0. The van der Waals surface area contributed by atoms with Gasteiger partial charge >= 0.3 is 0 Å². The summed E-state index contributed by atoms with van der Waals surface area (Å²) < 4.78 is 13.3. The third-order valence-electron chi connectivity index (χ3n) is 17.8. The van der Waals surface area contributed by atoms with E-state index in [1.54, 1.807) is 0 Å². The van der Waals surface area contributed by atoms with Gasteiger partial charge in [-0.3, -0.25) is 0 Å². The van der Waals surface area contributed by atoms with Gasteiger partial charge in [0, 0.05) is 69.8 Å². The zero-order chi connectivity index (χ0) is 67.0. The third kappa shape index (κ3) is 20.5. The molecule has 10 aromatic rings. The second kappa shape index (κ2) is 37.3. The zero-order valence-electron chi connectivity index (χ0n) is 57.1.